The Labute approximate surface area is 109 Å². The van der Waals surface area contributed by atoms with Gasteiger partial charge in [0.15, 0.2) is 12.2 Å². The van der Waals surface area contributed by atoms with E-state index in [4.69, 9.17) is 14.4 Å². The molecule has 92 valence electrons. The Morgan fingerprint density at radius 2 is 2.05 bits per heavy atom. The van der Waals surface area contributed by atoms with Crippen molar-refractivity contribution in [2.24, 2.45) is 0 Å². The van der Waals surface area contributed by atoms with Crippen LogP contribution in [0.2, 0.25) is 0 Å². The van der Waals surface area contributed by atoms with Gasteiger partial charge in [-0.25, -0.2) is 4.98 Å². The van der Waals surface area contributed by atoms with Crippen LogP contribution in [-0.4, -0.2) is 4.98 Å². The summed E-state index contributed by atoms with van der Waals surface area (Å²) in [5.74, 6) is 1.14. The molecule has 3 rings (SSSR count). The van der Waals surface area contributed by atoms with E-state index in [0.29, 0.717) is 17.2 Å². The minimum atomic E-state index is 0.240. The molecule has 19 heavy (non-hydrogen) atoms. The molecule has 4 nitrogen and oxygen atoms in total. The molecule has 0 aliphatic carbocycles. The van der Waals surface area contributed by atoms with Crippen LogP contribution >= 0.6 is 0 Å². The zero-order valence-corrected chi connectivity index (χ0v) is 10.0. The van der Waals surface area contributed by atoms with Crippen LogP contribution in [0.15, 0.2) is 52.9 Å². The second-order valence-electron chi connectivity index (χ2n) is 4.00. The summed E-state index contributed by atoms with van der Waals surface area (Å²) in [7, 11) is 0. The Kier molecular flexibility index (Phi) is 2.87. The summed E-state index contributed by atoms with van der Waals surface area (Å²) in [5.41, 5.74) is 2.12. The molecule has 0 saturated carbocycles. The monoisotopic (exact) mass is 250 g/mol. The largest absolute Gasteiger partial charge is 0.484 e. The van der Waals surface area contributed by atoms with Crippen molar-refractivity contribution >= 4 is 11.1 Å². The Balaban J connectivity index is 1.76. The normalized spacial score (nSPS) is 10.3. The van der Waals surface area contributed by atoms with Gasteiger partial charge in [-0.3, -0.25) is 0 Å². The van der Waals surface area contributed by atoms with Gasteiger partial charge in [0.05, 0.1) is 11.6 Å². The second kappa shape index (κ2) is 4.83. The van der Waals surface area contributed by atoms with E-state index >= 15 is 0 Å². The van der Waals surface area contributed by atoms with Crippen molar-refractivity contribution in [3.8, 4) is 11.8 Å². The number of benzene rings is 2. The first-order valence-corrected chi connectivity index (χ1v) is 5.82. The number of rotatable bonds is 3. The topological polar surface area (TPSA) is 59.0 Å². The highest BCUT2D eigenvalue weighted by atomic mass is 16.5. The minimum absolute atomic E-state index is 0.240. The maximum atomic E-state index is 8.81. The van der Waals surface area contributed by atoms with Crippen molar-refractivity contribution in [3.63, 3.8) is 0 Å². The highest BCUT2D eigenvalue weighted by molar-refractivity contribution is 5.72. The van der Waals surface area contributed by atoms with E-state index in [2.05, 4.69) is 11.1 Å². The molecule has 0 radical (unpaired) electrons. The van der Waals surface area contributed by atoms with Gasteiger partial charge < -0.3 is 9.15 Å². The van der Waals surface area contributed by atoms with Gasteiger partial charge in [-0.15, -0.1) is 0 Å². The summed E-state index contributed by atoms with van der Waals surface area (Å²) in [6.45, 7) is 0.240. The first-order chi connectivity index (χ1) is 9.35. The molecule has 0 unspecified atom stereocenters. The van der Waals surface area contributed by atoms with Gasteiger partial charge in [0.1, 0.15) is 11.3 Å². The average Bonchev–Trinajstić information content (AvgIpc) is 2.88. The molecule has 4 heteroatoms. The average molecular weight is 250 g/mol. The number of aromatic nitrogens is 1. The van der Waals surface area contributed by atoms with Gasteiger partial charge in [-0.05, 0) is 30.3 Å². The van der Waals surface area contributed by atoms with Gasteiger partial charge in [-0.2, -0.15) is 5.26 Å². The minimum Gasteiger partial charge on any atom is -0.484 e. The smallest absolute Gasteiger partial charge is 0.233 e. The summed E-state index contributed by atoms with van der Waals surface area (Å²) < 4.78 is 11.1. The van der Waals surface area contributed by atoms with Crippen LogP contribution < -0.4 is 4.74 Å². The maximum Gasteiger partial charge on any atom is 0.233 e. The van der Waals surface area contributed by atoms with E-state index in [1.807, 2.05) is 24.3 Å². The first kappa shape index (κ1) is 11.3. The molecule has 1 aromatic heterocycles. The zero-order valence-electron chi connectivity index (χ0n) is 10.0. The van der Waals surface area contributed by atoms with Crippen molar-refractivity contribution in [2.75, 3.05) is 0 Å². The molecule has 3 aromatic rings. The summed E-state index contributed by atoms with van der Waals surface area (Å²) in [6.07, 6.45) is 0. The molecule has 0 N–H and O–H groups in total. The lowest BCUT2D eigenvalue weighted by molar-refractivity contribution is 0.267. The molecule has 0 bridgehead atoms. The molecule has 0 atom stereocenters. The molecule has 0 amide bonds. The number of ether oxygens (including phenoxy) is 1. The quantitative estimate of drug-likeness (QED) is 0.715. The Hall–Kier alpha value is -2.80. The van der Waals surface area contributed by atoms with Crippen LogP contribution in [-0.2, 0) is 6.61 Å². The fourth-order valence-electron chi connectivity index (χ4n) is 1.78. The van der Waals surface area contributed by atoms with E-state index in [1.165, 1.54) is 0 Å². The van der Waals surface area contributed by atoms with Crippen molar-refractivity contribution < 1.29 is 9.15 Å². The Bertz CT molecular complexity index is 723. The van der Waals surface area contributed by atoms with Gasteiger partial charge in [0, 0.05) is 0 Å². The number of hydrogen-bond acceptors (Lipinski definition) is 4. The van der Waals surface area contributed by atoms with Crippen LogP contribution in [0, 0.1) is 11.3 Å². The lowest BCUT2D eigenvalue weighted by atomic mass is 10.2. The summed E-state index contributed by atoms with van der Waals surface area (Å²) in [5, 5.41) is 8.81. The first-order valence-electron chi connectivity index (χ1n) is 5.82. The van der Waals surface area contributed by atoms with Crippen LogP contribution in [0.5, 0.6) is 5.75 Å². The van der Waals surface area contributed by atoms with Crippen molar-refractivity contribution in [1.29, 1.82) is 5.26 Å². The van der Waals surface area contributed by atoms with Gasteiger partial charge >= 0.3 is 0 Å². The number of fused-ring (bicyclic) bond motifs is 1. The molecule has 1 heterocycles. The molecule has 0 spiro atoms. The van der Waals surface area contributed by atoms with Crippen molar-refractivity contribution in [2.45, 2.75) is 6.61 Å². The highest BCUT2D eigenvalue weighted by Gasteiger charge is 2.05. The molecule has 0 fully saturated rings. The van der Waals surface area contributed by atoms with Crippen LogP contribution in [0.1, 0.15) is 11.5 Å². The standard InChI is InChI=1S/C15H10N2O2/c16-9-11-4-3-5-12(8-11)18-10-15-17-13-6-1-2-7-14(13)19-15/h1-8H,10H2. The predicted octanol–water partition coefficient (Wildman–Crippen LogP) is 3.28. The summed E-state index contributed by atoms with van der Waals surface area (Å²) >= 11 is 0. The lowest BCUT2D eigenvalue weighted by Crippen LogP contribution is -1.95. The Morgan fingerprint density at radius 1 is 1.16 bits per heavy atom. The number of para-hydroxylation sites is 2. The third-order valence-corrected chi connectivity index (χ3v) is 2.66. The third-order valence-electron chi connectivity index (χ3n) is 2.66. The number of nitriles is 1. The lowest BCUT2D eigenvalue weighted by Gasteiger charge is -2.02. The third kappa shape index (κ3) is 2.40. The number of hydrogen-bond donors (Lipinski definition) is 0. The van der Waals surface area contributed by atoms with Crippen molar-refractivity contribution in [1.82, 2.24) is 4.98 Å². The van der Waals surface area contributed by atoms with E-state index in [-0.39, 0.29) is 6.61 Å². The fraction of sp³-hybridized carbons (Fsp3) is 0.0667. The van der Waals surface area contributed by atoms with E-state index < -0.39 is 0 Å². The van der Waals surface area contributed by atoms with Crippen LogP contribution in [0.3, 0.4) is 0 Å². The zero-order chi connectivity index (χ0) is 13.1. The molecular formula is C15H10N2O2. The number of nitrogens with zero attached hydrogens (tertiary/aromatic N) is 2. The second-order valence-corrected chi connectivity index (χ2v) is 4.00. The van der Waals surface area contributed by atoms with Crippen LogP contribution in [0.25, 0.3) is 11.1 Å². The molecule has 0 saturated heterocycles. The van der Waals surface area contributed by atoms with Gasteiger partial charge in [0.2, 0.25) is 5.89 Å². The maximum absolute atomic E-state index is 8.81. The predicted molar refractivity (Wildman–Crippen MR) is 69.5 cm³/mol. The summed E-state index contributed by atoms with van der Waals surface area (Å²) in [6, 6.07) is 16.6. The fourth-order valence-corrected chi connectivity index (χ4v) is 1.78. The molecular weight excluding hydrogens is 240 g/mol. The molecule has 0 aliphatic rings. The van der Waals surface area contributed by atoms with Crippen LogP contribution in [0.4, 0.5) is 0 Å². The molecule has 0 aliphatic heterocycles. The highest BCUT2D eigenvalue weighted by Crippen LogP contribution is 2.18. The Morgan fingerprint density at radius 3 is 2.89 bits per heavy atom. The van der Waals surface area contributed by atoms with Gasteiger partial charge in [0.25, 0.3) is 0 Å². The van der Waals surface area contributed by atoms with E-state index in [0.717, 1.165) is 11.1 Å². The SMILES string of the molecule is N#Cc1cccc(OCc2nc3ccccc3o2)c1. The van der Waals surface area contributed by atoms with Gasteiger partial charge in [-0.1, -0.05) is 18.2 Å². The summed E-state index contributed by atoms with van der Waals surface area (Å²) in [4.78, 5) is 4.31. The molecule has 2 aromatic carbocycles. The van der Waals surface area contributed by atoms with E-state index in [9.17, 15) is 0 Å². The van der Waals surface area contributed by atoms with Crippen molar-refractivity contribution in [3.05, 3.63) is 60.0 Å². The number of oxazole rings is 1. The van der Waals surface area contributed by atoms with E-state index in [1.54, 1.807) is 24.3 Å².